The van der Waals surface area contributed by atoms with Crippen molar-refractivity contribution >= 4 is 11.8 Å². The number of benzene rings is 4. The van der Waals surface area contributed by atoms with Crippen LogP contribution in [0, 0.1) is 17.5 Å². The normalized spacial score (nSPS) is 13.2. The number of hydrogen-bond acceptors (Lipinski definition) is 4. The van der Waals surface area contributed by atoms with Crippen molar-refractivity contribution in [3.8, 4) is 11.5 Å². The largest absolute Gasteiger partial charge is 0.494 e. The van der Waals surface area contributed by atoms with E-state index in [9.17, 15) is 49.1 Å². The maximum Gasteiger partial charge on any atom is 0.461 e. The molecule has 266 valence electrons. The summed E-state index contributed by atoms with van der Waals surface area (Å²) in [5.41, 5.74) is -4.32. The van der Waals surface area contributed by atoms with Gasteiger partial charge in [0, 0.05) is 29.9 Å². The van der Waals surface area contributed by atoms with Crippen molar-refractivity contribution in [3.63, 3.8) is 0 Å². The molecular formula is C35H26F10O5. The summed E-state index contributed by atoms with van der Waals surface area (Å²) < 4.78 is 147. The van der Waals surface area contributed by atoms with Crippen LogP contribution in [0.4, 0.5) is 43.9 Å². The van der Waals surface area contributed by atoms with Crippen molar-refractivity contribution in [2.75, 3.05) is 6.61 Å². The van der Waals surface area contributed by atoms with Gasteiger partial charge in [-0.15, -0.1) is 0 Å². The van der Waals surface area contributed by atoms with Gasteiger partial charge in [-0.2, -0.15) is 30.7 Å². The summed E-state index contributed by atoms with van der Waals surface area (Å²) in [5.74, 6) is -6.63. The molecule has 0 fully saturated rings. The summed E-state index contributed by atoms with van der Waals surface area (Å²) >= 11 is 0. The number of carboxylic acid groups (broad SMARTS) is 1. The Hall–Kier alpha value is -5.08. The second kappa shape index (κ2) is 15.2. The second-order valence-electron chi connectivity index (χ2n) is 11.2. The third-order valence-electron chi connectivity index (χ3n) is 7.62. The lowest BCUT2D eigenvalue weighted by atomic mass is 9.67. The minimum absolute atomic E-state index is 0.0246. The molecule has 0 saturated carbocycles. The number of carbonyl (C=O) groups is 2. The van der Waals surface area contributed by atoms with Gasteiger partial charge >= 0.3 is 24.7 Å². The molecular weight excluding hydrogens is 690 g/mol. The van der Waals surface area contributed by atoms with Crippen LogP contribution in [0.2, 0.25) is 0 Å². The predicted molar refractivity (Wildman–Crippen MR) is 158 cm³/mol. The van der Waals surface area contributed by atoms with E-state index in [2.05, 4.69) is 4.74 Å². The zero-order chi connectivity index (χ0) is 36.9. The summed E-state index contributed by atoms with van der Waals surface area (Å²) in [6.45, 7) is 0.0343. The highest BCUT2D eigenvalue weighted by Crippen LogP contribution is 2.43. The zero-order valence-corrected chi connectivity index (χ0v) is 25.6. The Morgan fingerprint density at radius 2 is 1.40 bits per heavy atom. The average molecular weight is 717 g/mol. The Morgan fingerprint density at radius 3 is 2.00 bits per heavy atom. The van der Waals surface area contributed by atoms with E-state index in [-0.39, 0.29) is 48.8 Å². The van der Waals surface area contributed by atoms with Crippen LogP contribution in [-0.2, 0) is 22.8 Å². The Labute approximate surface area is 278 Å². The molecule has 0 aromatic heterocycles. The highest BCUT2D eigenvalue weighted by Gasteiger charge is 2.45. The molecule has 0 bridgehead atoms. The summed E-state index contributed by atoms with van der Waals surface area (Å²) in [5, 5.41) is 8.80. The summed E-state index contributed by atoms with van der Waals surface area (Å²) in [4.78, 5) is 24.6. The van der Waals surface area contributed by atoms with E-state index < -0.39 is 76.6 Å². The Kier molecular flexibility index (Phi) is 11.5. The van der Waals surface area contributed by atoms with Crippen molar-refractivity contribution in [2.24, 2.45) is 0 Å². The maximum atomic E-state index is 15.1. The molecule has 4 aromatic carbocycles. The summed E-state index contributed by atoms with van der Waals surface area (Å²) in [6, 6.07) is 13.4. The fourth-order valence-electron chi connectivity index (χ4n) is 5.26. The molecule has 0 saturated heterocycles. The molecule has 0 amide bonds. The molecule has 4 rings (SSSR count). The number of carbonyl (C=O) groups excluding carboxylic acids is 1. The van der Waals surface area contributed by atoms with Crippen LogP contribution in [0.15, 0.2) is 84.9 Å². The third-order valence-corrected chi connectivity index (χ3v) is 7.62. The van der Waals surface area contributed by atoms with E-state index >= 15 is 4.39 Å². The zero-order valence-electron chi connectivity index (χ0n) is 25.6. The fourth-order valence-corrected chi connectivity index (χ4v) is 5.26. The number of ketones is 1. The Morgan fingerprint density at radius 1 is 0.740 bits per heavy atom. The number of Topliss-reactive ketones (excluding diaryl/α,β-unsaturated/α-hetero) is 1. The molecule has 0 heterocycles. The summed E-state index contributed by atoms with van der Waals surface area (Å²) in [6.07, 6.45) is -15.8. The molecule has 0 radical (unpaired) electrons. The molecule has 1 N–H and O–H groups in total. The van der Waals surface area contributed by atoms with Crippen molar-refractivity contribution in [2.45, 2.75) is 49.8 Å². The quantitative estimate of drug-likeness (QED) is 0.0755. The molecule has 0 spiro atoms. The SMILES string of the molecule is O=C(O)CCCOc1ccc(C[C@@](CC(=O)c2ccc(F)c(C(F)(F)F)c2)(c2ccc(F)cc2)c2cc(F)cc(OC(F)(F)C(F)F)c2)cc1. The van der Waals surface area contributed by atoms with Gasteiger partial charge in [-0.25, -0.2) is 13.2 Å². The van der Waals surface area contributed by atoms with Gasteiger partial charge in [0.1, 0.15) is 29.0 Å². The van der Waals surface area contributed by atoms with E-state index in [4.69, 9.17) is 9.84 Å². The van der Waals surface area contributed by atoms with Crippen LogP contribution in [0.5, 0.6) is 11.5 Å². The van der Waals surface area contributed by atoms with Crippen LogP contribution in [0.3, 0.4) is 0 Å². The number of ether oxygens (including phenoxy) is 2. The van der Waals surface area contributed by atoms with Gasteiger partial charge < -0.3 is 14.6 Å². The number of hydrogen-bond donors (Lipinski definition) is 1. The first-order valence-corrected chi connectivity index (χ1v) is 14.7. The molecule has 15 heteroatoms. The van der Waals surface area contributed by atoms with Crippen molar-refractivity contribution in [1.29, 1.82) is 0 Å². The van der Waals surface area contributed by atoms with E-state index in [1.54, 1.807) is 0 Å². The molecule has 1 atom stereocenters. The predicted octanol–water partition coefficient (Wildman–Crippen LogP) is 9.40. The first-order chi connectivity index (χ1) is 23.4. The number of carboxylic acids is 1. The van der Waals surface area contributed by atoms with E-state index in [1.165, 1.54) is 24.3 Å². The van der Waals surface area contributed by atoms with Crippen LogP contribution in [0.1, 0.15) is 51.9 Å². The molecule has 0 aliphatic rings. The van der Waals surface area contributed by atoms with Gasteiger partial charge in [0.15, 0.2) is 5.78 Å². The molecule has 50 heavy (non-hydrogen) atoms. The van der Waals surface area contributed by atoms with E-state index in [0.29, 0.717) is 17.7 Å². The number of aliphatic carboxylic acids is 1. The van der Waals surface area contributed by atoms with Crippen LogP contribution in [-0.4, -0.2) is 36.0 Å². The van der Waals surface area contributed by atoms with Crippen LogP contribution in [0.25, 0.3) is 0 Å². The highest BCUT2D eigenvalue weighted by molar-refractivity contribution is 5.97. The maximum absolute atomic E-state index is 15.1. The standard InChI is InChI=1S/C35H26F10O5/c36-24-8-6-22(7-9-24)33(18-20-3-10-26(11-4-20)49-13-1-2-31(47)48,19-30(46)21-5-12-29(38)28(14-21)34(41,42)43)23-15-25(37)17-27(16-23)50-35(44,45)32(39)40/h3-12,14-17,32H,1-2,13,18-19H2,(H,47,48)/t33-/m1/s1. The van der Waals surface area contributed by atoms with E-state index in [0.717, 1.165) is 42.5 Å². The molecule has 5 nitrogen and oxygen atoms in total. The molecule has 0 unspecified atom stereocenters. The van der Waals surface area contributed by atoms with Gasteiger partial charge in [-0.3, -0.25) is 9.59 Å². The number of halogens is 10. The molecule has 4 aromatic rings. The number of alkyl halides is 7. The minimum atomic E-state index is -5.20. The highest BCUT2D eigenvalue weighted by atomic mass is 19.4. The first-order valence-electron chi connectivity index (χ1n) is 14.7. The van der Waals surface area contributed by atoms with Gasteiger partial charge in [0.2, 0.25) is 0 Å². The first kappa shape index (κ1) is 37.7. The Balaban J connectivity index is 1.88. The van der Waals surface area contributed by atoms with Crippen LogP contribution < -0.4 is 9.47 Å². The van der Waals surface area contributed by atoms with Crippen molar-refractivity contribution < 1.29 is 68.1 Å². The average Bonchev–Trinajstić information content (AvgIpc) is 3.02. The fraction of sp³-hybridized carbons (Fsp3) is 0.257. The molecule has 0 aliphatic heterocycles. The van der Waals surface area contributed by atoms with Crippen molar-refractivity contribution in [3.05, 3.63) is 130 Å². The smallest absolute Gasteiger partial charge is 0.461 e. The summed E-state index contributed by atoms with van der Waals surface area (Å²) in [7, 11) is 0. The van der Waals surface area contributed by atoms with Crippen LogP contribution >= 0.6 is 0 Å². The van der Waals surface area contributed by atoms with Gasteiger partial charge in [0.25, 0.3) is 0 Å². The second-order valence-corrected chi connectivity index (χ2v) is 11.2. The third kappa shape index (κ3) is 9.33. The molecule has 0 aliphatic carbocycles. The van der Waals surface area contributed by atoms with Crippen molar-refractivity contribution in [1.82, 2.24) is 0 Å². The lowest BCUT2D eigenvalue weighted by Crippen LogP contribution is -2.35. The van der Waals surface area contributed by atoms with E-state index in [1.807, 2.05) is 0 Å². The van der Waals surface area contributed by atoms with Gasteiger partial charge in [-0.05, 0) is 84.1 Å². The lowest BCUT2D eigenvalue weighted by Gasteiger charge is -2.36. The monoisotopic (exact) mass is 716 g/mol. The minimum Gasteiger partial charge on any atom is -0.494 e. The van der Waals surface area contributed by atoms with Gasteiger partial charge in [-0.1, -0.05) is 24.3 Å². The Bertz CT molecular complexity index is 1810. The number of rotatable bonds is 15. The topological polar surface area (TPSA) is 72.8 Å². The van der Waals surface area contributed by atoms with Gasteiger partial charge in [0.05, 0.1) is 12.2 Å². The lowest BCUT2D eigenvalue weighted by molar-refractivity contribution is -0.253.